The normalized spacial score (nSPS) is 14.6. The van der Waals surface area contributed by atoms with Gasteiger partial charge in [0.05, 0.1) is 6.04 Å². The van der Waals surface area contributed by atoms with Crippen LogP contribution in [0.3, 0.4) is 0 Å². The van der Waals surface area contributed by atoms with Crippen molar-refractivity contribution in [3.63, 3.8) is 0 Å². The minimum atomic E-state index is -0.0984. The molecule has 0 spiro atoms. The third kappa shape index (κ3) is 4.50. The van der Waals surface area contributed by atoms with Crippen molar-refractivity contribution >= 4 is 28.5 Å². The lowest BCUT2D eigenvalue weighted by Gasteiger charge is -2.20. The number of hydrogen-bond acceptors (Lipinski definition) is 2. The van der Waals surface area contributed by atoms with Crippen molar-refractivity contribution in [1.82, 2.24) is 5.32 Å². The predicted molar refractivity (Wildman–Crippen MR) is 104 cm³/mol. The van der Waals surface area contributed by atoms with E-state index >= 15 is 0 Å². The number of hydrogen-bond donors (Lipinski definition) is 1. The highest BCUT2D eigenvalue weighted by Gasteiger charge is 2.14. The lowest BCUT2D eigenvalue weighted by molar-refractivity contribution is -0.123. The highest BCUT2D eigenvalue weighted by Crippen LogP contribution is 2.24. The zero-order valence-electron chi connectivity index (χ0n) is 13.8. The Labute approximate surface area is 156 Å². The monoisotopic (exact) mass is 435 g/mol. The van der Waals surface area contributed by atoms with E-state index in [0.717, 1.165) is 9.99 Å². The molecule has 3 rings (SSSR count). The maximum Gasteiger partial charge on any atom is 0.258 e. The first-order chi connectivity index (χ1) is 11.6. The minimum absolute atomic E-state index is 0.00921. The third-order valence-electron chi connectivity index (χ3n) is 4.43. The number of carbonyl (C=O) groups excluding carboxylic acids is 1. The highest BCUT2D eigenvalue weighted by molar-refractivity contribution is 14.1. The molecule has 0 fully saturated rings. The van der Waals surface area contributed by atoms with Crippen LogP contribution in [0.5, 0.6) is 5.75 Å². The van der Waals surface area contributed by atoms with Crippen LogP contribution in [0.1, 0.15) is 42.5 Å². The number of aryl methyl sites for hydroxylation is 2. The van der Waals surface area contributed by atoms with Gasteiger partial charge in [0.2, 0.25) is 0 Å². The smallest absolute Gasteiger partial charge is 0.258 e. The van der Waals surface area contributed by atoms with Gasteiger partial charge in [0.1, 0.15) is 5.75 Å². The van der Waals surface area contributed by atoms with E-state index in [4.69, 9.17) is 4.74 Å². The van der Waals surface area contributed by atoms with Gasteiger partial charge in [-0.25, -0.2) is 0 Å². The van der Waals surface area contributed by atoms with Crippen molar-refractivity contribution in [2.75, 3.05) is 6.61 Å². The Bertz CT molecular complexity index is 712. The summed E-state index contributed by atoms with van der Waals surface area (Å²) >= 11 is 2.24. The Morgan fingerprint density at radius 1 is 1.12 bits per heavy atom. The first-order valence-corrected chi connectivity index (χ1v) is 9.49. The molecule has 0 saturated heterocycles. The van der Waals surface area contributed by atoms with Gasteiger partial charge < -0.3 is 10.1 Å². The van der Waals surface area contributed by atoms with E-state index < -0.39 is 0 Å². The SMILES string of the molecule is C[C@H](NC(=O)COc1ccc(I)cc1)c1ccc2c(c1)CCCC2. The summed E-state index contributed by atoms with van der Waals surface area (Å²) in [5.41, 5.74) is 4.07. The lowest BCUT2D eigenvalue weighted by Crippen LogP contribution is -2.31. The number of carbonyl (C=O) groups is 1. The van der Waals surface area contributed by atoms with Crippen LogP contribution in [-0.4, -0.2) is 12.5 Å². The van der Waals surface area contributed by atoms with Crippen LogP contribution < -0.4 is 10.1 Å². The van der Waals surface area contributed by atoms with Crippen LogP contribution >= 0.6 is 22.6 Å². The highest BCUT2D eigenvalue weighted by atomic mass is 127. The second-order valence-corrected chi connectivity index (χ2v) is 7.51. The maximum absolute atomic E-state index is 12.1. The molecule has 24 heavy (non-hydrogen) atoms. The van der Waals surface area contributed by atoms with Crippen LogP contribution in [0.2, 0.25) is 0 Å². The topological polar surface area (TPSA) is 38.3 Å². The van der Waals surface area contributed by atoms with E-state index in [1.54, 1.807) is 0 Å². The molecule has 1 aliphatic rings. The molecule has 1 amide bonds. The number of benzene rings is 2. The van der Waals surface area contributed by atoms with Crippen LogP contribution in [0.4, 0.5) is 0 Å². The standard InChI is InChI=1S/C20H22INO2/c1-14(16-7-6-15-4-2-3-5-17(15)12-16)22-20(23)13-24-19-10-8-18(21)9-11-19/h6-12,14H,2-5,13H2,1H3,(H,22,23)/t14-/m0/s1. The molecular weight excluding hydrogens is 413 g/mol. The van der Waals surface area contributed by atoms with Crippen molar-refractivity contribution in [2.24, 2.45) is 0 Å². The van der Waals surface area contributed by atoms with Gasteiger partial charge in [0.25, 0.3) is 5.91 Å². The van der Waals surface area contributed by atoms with E-state index in [1.165, 1.54) is 36.0 Å². The van der Waals surface area contributed by atoms with Crippen LogP contribution in [0, 0.1) is 3.57 Å². The van der Waals surface area contributed by atoms with Gasteiger partial charge in [-0.3, -0.25) is 4.79 Å². The summed E-state index contributed by atoms with van der Waals surface area (Å²) in [4.78, 5) is 12.1. The third-order valence-corrected chi connectivity index (χ3v) is 5.15. The second-order valence-electron chi connectivity index (χ2n) is 6.27. The number of rotatable bonds is 5. The summed E-state index contributed by atoms with van der Waals surface area (Å²) in [6.45, 7) is 2.06. The Morgan fingerprint density at radius 2 is 1.83 bits per heavy atom. The minimum Gasteiger partial charge on any atom is -0.484 e. The van der Waals surface area contributed by atoms with Crippen molar-refractivity contribution in [3.8, 4) is 5.75 Å². The molecule has 0 bridgehead atoms. The largest absolute Gasteiger partial charge is 0.484 e. The lowest BCUT2D eigenvalue weighted by atomic mass is 9.89. The number of ether oxygens (including phenoxy) is 1. The van der Waals surface area contributed by atoms with Gasteiger partial charge in [0, 0.05) is 3.57 Å². The molecule has 0 aromatic heterocycles. The summed E-state index contributed by atoms with van der Waals surface area (Å²) in [6, 6.07) is 14.3. The molecule has 0 unspecified atom stereocenters. The van der Waals surface area contributed by atoms with E-state index in [0.29, 0.717) is 5.75 Å². The molecule has 126 valence electrons. The Morgan fingerprint density at radius 3 is 2.58 bits per heavy atom. The average molecular weight is 435 g/mol. The fraction of sp³-hybridized carbons (Fsp3) is 0.350. The van der Waals surface area contributed by atoms with Gasteiger partial charge in [0.15, 0.2) is 6.61 Å². The van der Waals surface area contributed by atoms with Crippen molar-refractivity contribution in [1.29, 1.82) is 0 Å². The second kappa shape index (κ2) is 8.01. The molecule has 1 atom stereocenters. The predicted octanol–water partition coefficient (Wildman–Crippen LogP) is 4.43. The van der Waals surface area contributed by atoms with Gasteiger partial charge in [-0.1, -0.05) is 18.2 Å². The maximum atomic E-state index is 12.1. The van der Waals surface area contributed by atoms with Gasteiger partial charge in [-0.15, -0.1) is 0 Å². The molecule has 0 saturated carbocycles. The molecule has 1 N–H and O–H groups in total. The summed E-state index contributed by atoms with van der Waals surface area (Å²) in [5.74, 6) is 0.616. The Balaban J connectivity index is 1.55. The molecule has 1 aliphatic carbocycles. The number of amides is 1. The van der Waals surface area contributed by atoms with E-state index in [1.807, 2.05) is 31.2 Å². The molecule has 4 heteroatoms. The molecule has 0 aliphatic heterocycles. The number of nitrogens with one attached hydrogen (secondary N) is 1. The zero-order chi connectivity index (χ0) is 16.9. The summed E-state index contributed by atoms with van der Waals surface area (Å²) in [7, 11) is 0. The van der Waals surface area contributed by atoms with Crippen molar-refractivity contribution in [3.05, 3.63) is 62.7 Å². The molecule has 3 nitrogen and oxygen atoms in total. The van der Waals surface area contributed by atoms with Gasteiger partial charge in [-0.2, -0.15) is 0 Å². The number of halogens is 1. The summed E-state index contributed by atoms with van der Waals surface area (Å²) < 4.78 is 6.68. The van der Waals surface area contributed by atoms with Crippen LogP contribution in [0.25, 0.3) is 0 Å². The summed E-state index contributed by atoms with van der Waals surface area (Å²) in [6.07, 6.45) is 4.88. The zero-order valence-corrected chi connectivity index (χ0v) is 16.0. The molecule has 2 aromatic carbocycles. The van der Waals surface area contributed by atoms with E-state index in [9.17, 15) is 4.79 Å². The molecule has 0 radical (unpaired) electrons. The first kappa shape index (κ1) is 17.3. The Kier molecular flexibility index (Phi) is 5.76. The summed E-state index contributed by atoms with van der Waals surface area (Å²) in [5, 5.41) is 3.02. The Hall–Kier alpha value is -1.56. The van der Waals surface area contributed by atoms with Gasteiger partial charge in [-0.05, 0) is 96.2 Å². The van der Waals surface area contributed by atoms with Gasteiger partial charge >= 0.3 is 0 Å². The molecule has 0 heterocycles. The molecular formula is C20H22INO2. The van der Waals surface area contributed by atoms with E-state index in [2.05, 4.69) is 46.1 Å². The quantitative estimate of drug-likeness (QED) is 0.706. The van der Waals surface area contributed by atoms with Crippen molar-refractivity contribution < 1.29 is 9.53 Å². The van der Waals surface area contributed by atoms with E-state index in [-0.39, 0.29) is 18.6 Å². The average Bonchev–Trinajstić information content (AvgIpc) is 2.61. The first-order valence-electron chi connectivity index (χ1n) is 8.41. The fourth-order valence-electron chi connectivity index (χ4n) is 3.07. The number of fused-ring (bicyclic) bond motifs is 1. The van der Waals surface area contributed by atoms with Crippen molar-refractivity contribution in [2.45, 2.75) is 38.6 Å². The van der Waals surface area contributed by atoms with Crippen LogP contribution in [0.15, 0.2) is 42.5 Å². The fourth-order valence-corrected chi connectivity index (χ4v) is 3.43. The van der Waals surface area contributed by atoms with Crippen LogP contribution in [-0.2, 0) is 17.6 Å². The molecule has 2 aromatic rings.